The Hall–Kier alpha value is -0.540. The van der Waals surface area contributed by atoms with E-state index in [1.165, 1.54) is 31.6 Å². The molecular formula is C12H17BrN2. The van der Waals surface area contributed by atoms with Gasteiger partial charge in [0.05, 0.1) is 0 Å². The van der Waals surface area contributed by atoms with Crippen molar-refractivity contribution in [2.45, 2.75) is 12.8 Å². The van der Waals surface area contributed by atoms with E-state index in [1.807, 2.05) is 0 Å². The summed E-state index contributed by atoms with van der Waals surface area (Å²) in [4.78, 5) is 2.46. The summed E-state index contributed by atoms with van der Waals surface area (Å²) in [7, 11) is 0. The average molecular weight is 269 g/mol. The number of hydrogen-bond acceptors (Lipinski definition) is 2. The molecule has 0 amide bonds. The molecule has 0 spiro atoms. The molecule has 0 unspecified atom stereocenters. The van der Waals surface area contributed by atoms with Gasteiger partial charge in [-0.15, -0.1) is 0 Å². The maximum absolute atomic E-state index is 3.47. The summed E-state index contributed by atoms with van der Waals surface area (Å²) in [5.74, 6) is 0. The molecule has 1 aliphatic rings. The minimum Gasteiger partial charge on any atom is -0.370 e. The van der Waals surface area contributed by atoms with Crippen LogP contribution < -0.4 is 10.2 Å². The second-order valence-electron chi connectivity index (χ2n) is 3.92. The summed E-state index contributed by atoms with van der Waals surface area (Å²) in [6.07, 6.45) is 2.57. The highest BCUT2D eigenvalue weighted by molar-refractivity contribution is 9.10. The van der Waals surface area contributed by atoms with Gasteiger partial charge in [-0.3, -0.25) is 0 Å². The standard InChI is InChI=1S/C12H17BrN2/c13-11-3-5-12(6-4-11)15-9-2-1-7-14-8-10-15/h3-6,14H,1-2,7-10H2. The maximum atomic E-state index is 3.47. The van der Waals surface area contributed by atoms with Crippen molar-refractivity contribution in [1.82, 2.24) is 5.32 Å². The molecule has 2 rings (SSSR count). The van der Waals surface area contributed by atoms with Crippen molar-refractivity contribution in [1.29, 1.82) is 0 Å². The topological polar surface area (TPSA) is 15.3 Å². The number of benzene rings is 1. The van der Waals surface area contributed by atoms with Crippen LogP contribution in [0.1, 0.15) is 12.8 Å². The zero-order chi connectivity index (χ0) is 10.5. The van der Waals surface area contributed by atoms with Crippen LogP contribution in [0.3, 0.4) is 0 Å². The van der Waals surface area contributed by atoms with Crippen LogP contribution in [0.15, 0.2) is 28.7 Å². The first-order valence-corrected chi connectivity index (χ1v) is 6.37. The molecule has 1 fully saturated rings. The van der Waals surface area contributed by atoms with Gasteiger partial charge in [0.2, 0.25) is 0 Å². The summed E-state index contributed by atoms with van der Waals surface area (Å²) in [6, 6.07) is 8.60. The van der Waals surface area contributed by atoms with Gasteiger partial charge < -0.3 is 10.2 Å². The van der Waals surface area contributed by atoms with E-state index < -0.39 is 0 Å². The normalized spacial score (nSPS) is 18.3. The van der Waals surface area contributed by atoms with E-state index in [2.05, 4.69) is 50.4 Å². The van der Waals surface area contributed by atoms with E-state index in [0.29, 0.717) is 0 Å². The van der Waals surface area contributed by atoms with Crippen molar-refractivity contribution in [3.8, 4) is 0 Å². The quantitative estimate of drug-likeness (QED) is 0.843. The molecule has 1 aromatic rings. The van der Waals surface area contributed by atoms with Crippen molar-refractivity contribution >= 4 is 21.6 Å². The van der Waals surface area contributed by atoms with Crippen LogP contribution in [0, 0.1) is 0 Å². The van der Waals surface area contributed by atoms with Crippen LogP contribution in [-0.4, -0.2) is 26.2 Å². The first kappa shape index (κ1) is 11.0. The Morgan fingerprint density at radius 2 is 1.80 bits per heavy atom. The molecule has 0 radical (unpaired) electrons. The zero-order valence-corrected chi connectivity index (χ0v) is 10.5. The van der Waals surface area contributed by atoms with Crippen molar-refractivity contribution in [3.63, 3.8) is 0 Å². The van der Waals surface area contributed by atoms with E-state index in [0.717, 1.165) is 17.6 Å². The van der Waals surface area contributed by atoms with Gasteiger partial charge in [0.25, 0.3) is 0 Å². The van der Waals surface area contributed by atoms with Crippen LogP contribution in [0.5, 0.6) is 0 Å². The maximum Gasteiger partial charge on any atom is 0.0367 e. The average Bonchev–Trinajstić information content (AvgIpc) is 2.19. The minimum atomic E-state index is 1.09. The third-order valence-corrected chi connectivity index (χ3v) is 3.31. The van der Waals surface area contributed by atoms with Crippen molar-refractivity contribution in [2.75, 3.05) is 31.1 Å². The summed E-state index contributed by atoms with van der Waals surface area (Å²) >= 11 is 3.47. The monoisotopic (exact) mass is 268 g/mol. The van der Waals surface area contributed by atoms with Crippen LogP contribution in [0.25, 0.3) is 0 Å². The minimum absolute atomic E-state index is 1.09. The molecule has 0 aliphatic carbocycles. The molecular weight excluding hydrogens is 252 g/mol. The molecule has 0 bridgehead atoms. The summed E-state index contributed by atoms with van der Waals surface area (Å²) < 4.78 is 1.15. The highest BCUT2D eigenvalue weighted by Crippen LogP contribution is 2.18. The molecule has 82 valence electrons. The molecule has 1 heterocycles. The fraction of sp³-hybridized carbons (Fsp3) is 0.500. The second kappa shape index (κ2) is 5.52. The predicted octanol–water partition coefficient (Wildman–Crippen LogP) is 2.64. The lowest BCUT2D eigenvalue weighted by molar-refractivity contribution is 0.567. The summed E-state index contributed by atoms with van der Waals surface area (Å²) in [6.45, 7) is 4.56. The number of rotatable bonds is 1. The zero-order valence-electron chi connectivity index (χ0n) is 8.88. The molecule has 1 aromatic carbocycles. The van der Waals surface area contributed by atoms with Crippen LogP contribution in [0.2, 0.25) is 0 Å². The lowest BCUT2D eigenvalue weighted by atomic mass is 10.2. The number of nitrogens with one attached hydrogen (secondary N) is 1. The SMILES string of the molecule is Brc1ccc(N2CCCCNCC2)cc1. The van der Waals surface area contributed by atoms with E-state index in [1.54, 1.807) is 0 Å². The fourth-order valence-electron chi connectivity index (χ4n) is 1.91. The highest BCUT2D eigenvalue weighted by Gasteiger charge is 2.07. The van der Waals surface area contributed by atoms with Crippen molar-refractivity contribution in [3.05, 3.63) is 28.7 Å². The lowest BCUT2D eigenvalue weighted by Crippen LogP contribution is -2.36. The van der Waals surface area contributed by atoms with E-state index in [9.17, 15) is 0 Å². The first-order valence-electron chi connectivity index (χ1n) is 5.57. The van der Waals surface area contributed by atoms with Gasteiger partial charge in [0, 0.05) is 29.8 Å². The molecule has 1 saturated heterocycles. The van der Waals surface area contributed by atoms with Gasteiger partial charge in [-0.05, 0) is 43.7 Å². The number of nitrogens with zero attached hydrogens (tertiary/aromatic N) is 1. The molecule has 15 heavy (non-hydrogen) atoms. The summed E-state index contributed by atoms with van der Waals surface area (Å²) in [5.41, 5.74) is 1.34. The van der Waals surface area contributed by atoms with Gasteiger partial charge in [0.1, 0.15) is 0 Å². The van der Waals surface area contributed by atoms with Crippen LogP contribution in [0.4, 0.5) is 5.69 Å². The fourth-order valence-corrected chi connectivity index (χ4v) is 2.18. The highest BCUT2D eigenvalue weighted by atomic mass is 79.9. The largest absolute Gasteiger partial charge is 0.370 e. The van der Waals surface area contributed by atoms with Crippen molar-refractivity contribution in [2.24, 2.45) is 0 Å². The molecule has 1 aliphatic heterocycles. The smallest absolute Gasteiger partial charge is 0.0367 e. The number of anilines is 1. The molecule has 0 atom stereocenters. The van der Waals surface area contributed by atoms with Gasteiger partial charge in [-0.25, -0.2) is 0 Å². The lowest BCUT2D eigenvalue weighted by Gasteiger charge is -2.27. The van der Waals surface area contributed by atoms with E-state index in [-0.39, 0.29) is 0 Å². The Kier molecular flexibility index (Phi) is 4.03. The van der Waals surface area contributed by atoms with E-state index in [4.69, 9.17) is 0 Å². The Morgan fingerprint density at radius 3 is 2.60 bits per heavy atom. The Bertz CT molecular complexity index is 289. The number of halogens is 1. The molecule has 0 saturated carbocycles. The Balaban J connectivity index is 2.03. The van der Waals surface area contributed by atoms with Crippen LogP contribution in [-0.2, 0) is 0 Å². The third kappa shape index (κ3) is 3.21. The Morgan fingerprint density at radius 1 is 1.00 bits per heavy atom. The first-order chi connectivity index (χ1) is 7.36. The summed E-state index contributed by atoms with van der Waals surface area (Å²) in [5, 5.41) is 3.45. The van der Waals surface area contributed by atoms with E-state index >= 15 is 0 Å². The van der Waals surface area contributed by atoms with Gasteiger partial charge >= 0.3 is 0 Å². The molecule has 1 N–H and O–H groups in total. The molecule has 2 nitrogen and oxygen atoms in total. The molecule has 3 heteroatoms. The third-order valence-electron chi connectivity index (χ3n) is 2.78. The van der Waals surface area contributed by atoms with Crippen LogP contribution >= 0.6 is 15.9 Å². The Labute approximate surface area is 99.8 Å². The predicted molar refractivity (Wildman–Crippen MR) is 68.5 cm³/mol. The van der Waals surface area contributed by atoms with Gasteiger partial charge in [-0.1, -0.05) is 15.9 Å². The van der Waals surface area contributed by atoms with Gasteiger partial charge in [0.15, 0.2) is 0 Å². The molecule has 0 aromatic heterocycles. The second-order valence-corrected chi connectivity index (χ2v) is 4.84. The van der Waals surface area contributed by atoms with Gasteiger partial charge in [-0.2, -0.15) is 0 Å². The number of hydrogen-bond donors (Lipinski definition) is 1. The van der Waals surface area contributed by atoms with Crippen molar-refractivity contribution < 1.29 is 0 Å².